The van der Waals surface area contributed by atoms with Crippen LogP contribution in [0.3, 0.4) is 0 Å². The van der Waals surface area contributed by atoms with E-state index in [0.29, 0.717) is 17.1 Å². The molecule has 0 aliphatic rings. The summed E-state index contributed by atoms with van der Waals surface area (Å²) < 4.78 is 20.3. The third-order valence-electron chi connectivity index (χ3n) is 2.52. The van der Waals surface area contributed by atoms with E-state index in [0.717, 1.165) is 4.47 Å². The van der Waals surface area contributed by atoms with Crippen LogP contribution in [0.25, 0.3) is 0 Å². The molecule has 0 spiro atoms. The number of hydrogen-bond acceptors (Lipinski definition) is 2. The minimum Gasteiger partial charge on any atom is -0.456 e. The van der Waals surface area contributed by atoms with Crippen LogP contribution in [-0.4, -0.2) is 0 Å². The first kappa shape index (κ1) is 13.1. The summed E-state index contributed by atoms with van der Waals surface area (Å²) in [4.78, 5) is 0. The number of hydrogen-bond donors (Lipinski definition) is 1. The van der Waals surface area contributed by atoms with Crippen LogP contribution in [0, 0.1) is 5.82 Å². The van der Waals surface area contributed by atoms with Gasteiger partial charge in [-0.2, -0.15) is 0 Å². The number of halogens is 2. The largest absolute Gasteiger partial charge is 0.456 e. The molecule has 0 unspecified atom stereocenters. The molecule has 94 valence electrons. The number of nitrogens with two attached hydrogens (primary N) is 1. The Kier molecular flexibility index (Phi) is 3.99. The van der Waals surface area contributed by atoms with Gasteiger partial charge in [-0.25, -0.2) is 4.39 Å². The van der Waals surface area contributed by atoms with Gasteiger partial charge >= 0.3 is 0 Å². The van der Waals surface area contributed by atoms with Crippen LogP contribution in [0.15, 0.2) is 46.9 Å². The lowest BCUT2D eigenvalue weighted by Gasteiger charge is -2.15. The van der Waals surface area contributed by atoms with Crippen molar-refractivity contribution in [3.05, 3.63) is 58.3 Å². The fourth-order valence-electron chi connectivity index (χ4n) is 1.69. The average molecular weight is 310 g/mol. The molecule has 2 nitrogen and oxygen atoms in total. The summed E-state index contributed by atoms with van der Waals surface area (Å²) in [6.07, 6.45) is 0. The molecule has 2 aromatic rings. The van der Waals surface area contributed by atoms with Crippen molar-refractivity contribution in [2.45, 2.75) is 13.0 Å². The smallest absolute Gasteiger partial charge is 0.141 e. The molecule has 0 fully saturated rings. The van der Waals surface area contributed by atoms with Crippen LogP contribution < -0.4 is 10.5 Å². The second-order valence-electron chi connectivity index (χ2n) is 3.97. The van der Waals surface area contributed by atoms with E-state index in [1.807, 2.05) is 18.2 Å². The highest BCUT2D eigenvalue weighted by Crippen LogP contribution is 2.34. The Bertz CT molecular complexity index is 557. The number of rotatable bonds is 3. The summed E-state index contributed by atoms with van der Waals surface area (Å²) in [7, 11) is 0. The van der Waals surface area contributed by atoms with Crippen molar-refractivity contribution in [1.29, 1.82) is 0 Å². The minimum absolute atomic E-state index is 0.352. The fraction of sp³-hybridized carbons (Fsp3) is 0.143. The predicted molar refractivity (Wildman–Crippen MR) is 73.2 cm³/mol. The van der Waals surface area contributed by atoms with Crippen molar-refractivity contribution in [1.82, 2.24) is 0 Å². The zero-order chi connectivity index (χ0) is 13.1. The lowest BCUT2D eigenvalue weighted by Crippen LogP contribution is -2.09. The Labute approximate surface area is 114 Å². The van der Waals surface area contributed by atoms with Gasteiger partial charge in [-0.05, 0) is 47.1 Å². The van der Waals surface area contributed by atoms with Crippen LogP contribution in [0.4, 0.5) is 4.39 Å². The second-order valence-corrected chi connectivity index (χ2v) is 4.83. The Hall–Kier alpha value is -1.39. The Morgan fingerprint density at radius 2 is 1.78 bits per heavy atom. The van der Waals surface area contributed by atoms with Crippen LogP contribution >= 0.6 is 15.9 Å². The van der Waals surface area contributed by atoms with E-state index in [-0.39, 0.29) is 5.82 Å². The summed E-state index contributed by atoms with van der Waals surface area (Å²) in [5.74, 6) is 0.719. The van der Waals surface area contributed by atoms with Crippen LogP contribution in [0.2, 0.25) is 0 Å². The normalized spacial score (nSPS) is 12.2. The number of ether oxygens (including phenoxy) is 1. The highest BCUT2D eigenvalue weighted by molar-refractivity contribution is 9.10. The molecule has 4 heteroatoms. The van der Waals surface area contributed by atoms with Crippen molar-refractivity contribution in [3.63, 3.8) is 0 Å². The average Bonchev–Trinajstić information content (AvgIpc) is 2.31. The molecule has 0 aromatic heterocycles. The third kappa shape index (κ3) is 2.71. The van der Waals surface area contributed by atoms with E-state index >= 15 is 0 Å². The van der Waals surface area contributed by atoms with Crippen LogP contribution in [-0.2, 0) is 0 Å². The first-order valence-electron chi connectivity index (χ1n) is 5.56. The van der Waals surface area contributed by atoms with E-state index in [4.69, 9.17) is 10.5 Å². The first-order chi connectivity index (χ1) is 8.59. The molecule has 0 aliphatic carbocycles. The van der Waals surface area contributed by atoms with E-state index in [1.165, 1.54) is 6.07 Å². The SMILES string of the molecule is C[C@@H](N)c1c(F)cccc1Oc1ccccc1Br. The second kappa shape index (κ2) is 5.50. The Morgan fingerprint density at radius 1 is 1.11 bits per heavy atom. The molecule has 2 N–H and O–H groups in total. The van der Waals surface area contributed by atoms with Gasteiger partial charge in [0.05, 0.1) is 4.47 Å². The molecule has 0 heterocycles. The van der Waals surface area contributed by atoms with Crippen molar-refractivity contribution in [2.75, 3.05) is 0 Å². The molecule has 2 aromatic carbocycles. The zero-order valence-corrected chi connectivity index (χ0v) is 11.4. The van der Waals surface area contributed by atoms with Crippen LogP contribution in [0.5, 0.6) is 11.5 Å². The van der Waals surface area contributed by atoms with Crippen molar-refractivity contribution in [3.8, 4) is 11.5 Å². The Morgan fingerprint density at radius 3 is 2.44 bits per heavy atom. The van der Waals surface area contributed by atoms with Crippen molar-refractivity contribution in [2.24, 2.45) is 5.73 Å². The summed E-state index contributed by atoms with van der Waals surface area (Å²) in [6.45, 7) is 1.73. The van der Waals surface area contributed by atoms with Gasteiger partial charge in [-0.3, -0.25) is 0 Å². The molecule has 0 amide bonds. The molecule has 2 rings (SSSR count). The summed E-state index contributed by atoms with van der Waals surface area (Å²) >= 11 is 3.38. The Balaban J connectivity index is 2.41. The van der Waals surface area contributed by atoms with Gasteiger partial charge < -0.3 is 10.5 Å². The zero-order valence-electron chi connectivity index (χ0n) is 9.86. The molecule has 0 radical (unpaired) electrons. The highest BCUT2D eigenvalue weighted by Gasteiger charge is 2.14. The van der Waals surface area contributed by atoms with Gasteiger partial charge in [0.25, 0.3) is 0 Å². The van der Waals surface area contributed by atoms with E-state index in [9.17, 15) is 4.39 Å². The molecule has 0 bridgehead atoms. The van der Waals surface area contributed by atoms with Gasteiger partial charge in [-0.1, -0.05) is 18.2 Å². The number of benzene rings is 2. The van der Waals surface area contributed by atoms with Crippen molar-refractivity contribution >= 4 is 15.9 Å². The number of para-hydroxylation sites is 1. The van der Waals surface area contributed by atoms with E-state index in [1.54, 1.807) is 25.1 Å². The quantitative estimate of drug-likeness (QED) is 0.912. The molecular formula is C14H13BrFNO. The summed E-state index contributed by atoms with van der Waals surface area (Å²) in [5, 5.41) is 0. The molecule has 18 heavy (non-hydrogen) atoms. The monoisotopic (exact) mass is 309 g/mol. The molecular weight excluding hydrogens is 297 g/mol. The van der Waals surface area contributed by atoms with Gasteiger partial charge in [0.1, 0.15) is 17.3 Å². The molecule has 1 atom stereocenters. The minimum atomic E-state index is -0.427. The van der Waals surface area contributed by atoms with E-state index < -0.39 is 6.04 Å². The van der Waals surface area contributed by atoms with E-state index in [2.05, 4.69) is 15.9 Å². The third-order valence-corrected chi connectivity index (χ3v) is 3.18. The maximum atomic E-state index is 13.7. The first-order valence-corrected chi connectivity index (χ1v) is 6.35. The molecule has 0 aliphatic heterocycles. The van der Waals surface area contributed by atoms with Crippen LogP contribution in [0.1, 0.15) is 18.5 Å². The summed E-state index contributed by atoms with van der Waals surface area (Å²) in [6, 6.07) is 11.7. The standard InChI is InChI=1S/C14H13BrFNO/c1-9(17)14-11(16)6-4-8-13(14)18-12-7-3-2-5-10(12)15/h2-9H,17H2,1H3/t9-/m1/s1. The van der Waals surface area contributed by atoms with Gasteiger partial charge in [0, 0.05) is 11.6 Å². The molecule has 0 saturated carbocycles. The maximum Gasteiger partial charge on any atom is 0.141 e. The van der Waals surface area contributed by atoms with Crippen molar-refractivity contribution < 1.29 is 9.13 Å². The summed E-state index contributed by atoms with van der Waals surface area (Å²) in [5.41, 5.74) is 6.16. The van der Waals surface area contributed by atoms with Gasteiger partial charge in [0.2, 0.25) is 0 Å². The lowest BCUT2D eigenvalue weighted by molar-refractivity contribution is 0.458. The topological polar surface area (TPSA) is 35.2 Å². The van der Waals surface area contributed by atoms with Gasteiger partial charge in [0.15, 0.2) is 0 Å². The highest BCUT2D eigenvalue weighted by atomic mass is 79.9. The maximum absolute atomic E-state index is 13.7. The fourth-order valence-corrected chi connectivity index (χ4v) is 2.06. The van der Waals surface area contributed by atoms with Gasteiger partial charge in [-0.15, -0.1) is 0 Å². The molecule has 0 saturated heterocycles. The lowest BCUT2D eigenvalue weighted by atomic mass is 10.1. The predicted octanol–water partition coefficient (Wildman–Crippen LogP) is 4.40.